The van der Waals surface area contributed by atoms with Crippen molar-refractivity contribution in [2.75, 3.05) is 0 Å². The Morgan fingerprint density at radius 3 is 2.62 bits per heavy atom. The Kier molecular flexibility index (Phi) is 4.50. The Hall–Kier alpha value is -1.01. The van der Waals surface area contributed by atoms with E-state index in [1.165, 1.54) is 0 Å². The fourth-order valence-electron chi connectivity index (χ4n) is 0.806. The molecule has 0 bridgehead atoms. The number of hydrogen-bond donors (Lipinski definition) is 2. The smallest absolute Gasteiger partial charge is 0.221 e. The molecule has 13 heavy (non-hydrogen) atoms. The highest BCUT2D eigenvalue weighted by atomic mass is 16.1. The molecule has 74 valence electrons. The van der Waals surface area contributed by atoms with Gasteiger partial charge in [-0.1, -0.05) is 5.92 Å². The second kappa shape index (κ2) is 4.88. The first-order valence-electron chi connectivity index (χ1n) is 4.42. The average molecular weight is 182 g/mol. The molecule has 1 unspecified atom stereocenters. The first kappa shape index (κ1) is 12.0. The third-order valence-corrected chi connectivity index (χ3v) is 1.64. The SMILES string of the molecule is C#CC(C)(C)NC(=O)CCC(C)N. The van der Waals surface area contributed by atoms with E-state index in [4.69, 9.17) is 12.2 Å². The second-order valence-electron chi connectivity index (χ2n) is 3.83. The molecule has 0 fully saturated rings. The third kappa shape index (κ3) is 6.18. The summed E-state index contributed by atoms with van der Waals surface area (Å²) in [4.78, 5) is 11.3. The summed E-state index contributed by atoms with van der Waals surface area (Å²) in [5, 5.41) is 2.73. The highest BCUT2D eigenvalue weighted by molar-refractivity contribution is 5.77. The molecule has 0 radical (unpaired) electrons. The monoisotopic (exact) mass is 182 g/mol. The van der Waals surface area contributed by atoms with Gasteiger partial charge in [-0.15, -0.1) is 6.42 Å². The van der Waals surface area contributed by atoms with Crippen LogP contribution in [0.1, 0.15) is 33.6 Å². The van der Waals surface area contributed by atoms with Crippen LogP contribution >= 0.6 is 0 Å². The van der Waals surface area contributed by atoms with Crippen LogP contribution in [0.25, 0.3) is 0 Å². The van der Waals surface area contributed by atoms with Gasteiger partial charge in [-0.25, -0.2) is 0 Å². The fourth-order valence-corrected chi connectivity index (χ4v) is 0.806. The Morgan fingerprint density at radius 2 is 2.23 bits per heavy atom. The van der Waals surface area contributed by atoms with E-state index in [-0.39, 0.29) is 11.9 Å². The lowest BCUT2D eigenvalue weighted by Crippen LogP contribution is -2.42. The number of nitrogens with two attached hydrogens (primary N) is 1. The molecule has 0 heterocycles. The van der Waals surface area contributed by atoms with Gasteiger partial charge in [0, 0.05) is 12.5 Å². The zero-order chi connectivity index (χ0) is 10.5. The number of hydrogen-bond acceptors (Lipinski definition) is 2. The Labute approximate surface area is 80.1 Å². The summed E-state index contributed by atoms with van der Waals surface area (Å²) in [5.41, 5.74) is 4.96. The normalized spacial score (nSPS) is 13.2. The van der Waals surface area contributed by atoms with E-state index in [0.29, 0.717) is 12.8 Å². The minimum atomic E-state index is -0.561. The molecule has 0 saturated heterocycles. The van der Waals surface area contributed by atoms with Gasteiger partial charge in [-0.3, -0.25) is 4.79 Å². The molecule has 0 aromatic heterocycles. The van der Waals surface area contributed by atoms with Crippen molar-refractivity contribution in [1.29, 1.82) is 0 Å². The molecule has 1 atom stereocenters. The maximum Gasteiger partial charge on any atom is 0.221 e. The van der Waals surface area contributed by atoms with Gasteiger partial charge in [-0.05, 0) is 27.2 Å². The van der Waals surface area contributed by atoms with Gasteiger partial charge in [0.15, 0.2) is 0 Å². The molecule has 0 spiro atoms. The molecular formula is C10H18N2O. The van der Waals surface area contributed by atoms with Gasteiger partial charge < -0.3 is 11.1 Å². The number of carbonyl (C=O) groups excluding carboxylic acids is 1. The number of carbonyl (C=O) groups is 1. The van der Waals surface area contributed by atoms with Crippen molar-refractivity contribution in [3.8, 4) is 12.3 Å². The van der Waals surface area contributed by atoms with Gasteiger partial charge in [-0.2, -0.15) is 0 Å². The van der Waals surface area contributed by atoms with Crippen LogP contribution in [-0.4, -0.2) is 17.5 Å². The summed E-state index contributed by atoms with van der Waals surface area (Å²) < 4.78 is 0. The zero-order valence-corrected chi connectivity index (χ0v) is 8.55. The lowest BCUT2D eigenvalue weighted by atomic mass is 10.1. The lowest BCUT2D eigenvalue weighted by molar-refractivity contribution is -0.122. The highest BCUT2D eigenvalue weighted by Gasteiger charge is 2.16. The van der Waals surface area contributed by atoms with Crippen molar-refractivity contribution in [2.45, 2.75) is 45.2 Å². The average Bonchev–Trinajstić information content (AvgIpc) is 2.00. The summed E-state index contributed by atoms with van der Waals surface area (Å²) in [6.07, 6.45) is 6.34. The standard InChI is InChI=1S/C10H18N2O/c1-5-10(3,4)12-9(13)7-6-8(2)11/h1,8H,6-7,11H2,2-4H3,(H,12,13). The van der Waals surface area contributed by atoms with Gasteiger partial charge >= 0.3 is 0 Å². The Bertz CT molecular complexity index is 213. The van der Waals surface area contributed by atoms with Crippen LogP contribution in [0.2, 0.25) is 0 Å². The van der Waals surface area contributed by atoms with Gasteiger partial charge in [0.05, 0.1) is 5.54 Å². The van der Waals surface area contributed by atoms with Crippen LogP contribution < -0.4 is 11.1 Å². The van der Waals surface area contributed by atoms with Crippen LogP contribution in [0.4, 0.5) is 0 Å². The molecule has 3 N–H and O–H groups in total. The molecule has 0 rings (SSSR count). The van der Waals surface area contributed by atoms with E-state index in [9.17, 15) is 4.79 Å². The number of nitrogens with one attached hydrogen (secondary N) is 1. The topological polar surface area (TPSA) is 55.1 Å². The van der Waals surface area contributed by atoms with Crippen molar-refractivity contribution >= 4 is 5.91 Å². The number of amides is 1. The fraction of sp³-hybridized carbons (Fsp3) is 0.700. The molecule has 0 aromatic carbocycles. The number of rotatable bonds is 4. The van der Waals surface area contributed by atoms with E-state index in [0.717, 1.165) is 0 Å². The van der Waals surface area contributed by atoms with E-state index in [1.807, 2.05) is 6.92 Å². The summed E-state index contributed by atoms with van der Waals surface area (Å²) in [5.74, 6) is 2.46. The highest BCUT2D eigenvalue weighted by Crippen LogP contribution is 2.01. The van der Waals surface area contributed by atoms with Crippen LogP contribution in [0.5, 0.6) is 0 Å². The summed E-state index contributed by atoms with van der Waals surface area (Å²) in [6.45, 7) is 5.45. The molecule has 0 aromatic rings. The summed E-state index contributed by atoms with van der Waals surface area (Å²) in [6, 6.07) is 0.0553. The molecule has 0 aliphatic carbocycles. The van der Waals surface area contributed by atoms with Crippen LogP contribution in [0.3, 0.4) is 0 Å². The van der Waals surface area contributed by atoms with Crippen molar-refractivity contribution in [2.24, 2.45) is 5.73 Å². The predicted molar refractivity (Wildman–Crippen MR) is 53.9 cm³/mol. The van der Waals surface area contributed by atoms with Crippen molar-refractivity contribution in [3.63, 3.8) is 0 Å². The quantitative estimate of drug-likeness (QED) is 0.627. The van der Waals surface area contributed by atoms with Gasteiger partial charge in [0.25, 0.3) is 0 Å². The van der Waals surface area contributed by atoms with Crippen molar-refractivity contribution in [3.05, 3.63) is 0 Å². The van der Waals surface area contributed by atoms with Crippen molar-refractivity contribution < 1.29 is 4.79 Å². The molecule has 0 aliphatic heterocycles. The predicted octanol–water partition coefficient (Wildman–Crippen LogP) is 0.642. The summed E-state index contributed by atoms with van der Waals surface area (Å²) in [7, 11) is 0. The maximum atomic E-state index is 11.3. The first-order valence-corrected chi connectivity index (χ1v) is 4.42. The van der Waals surface area contributed by atoms with E-state index < -0.39 is 5.54 Å². The molecule has 0 aliphatic rings. The molecule has 1 amide bonds. The van der Waals surface area contributed by atoms with Crippen LogP contribution in [0, 0.1) is 12.3 Å². The van der Waals surface area contributed by atoms with E-state index in [1.54, 1.807) is 13.8 Å². The zero-order valence-electron chi connectivity index (χ0n) is 8.55. The molecule has 0 saturated carbocycles. The summed E-state index contributed by atoms with van der Waals surface area (Å²) >= 11 is 0. The number of terminal acetylenes is 1. The van der Waals surface area contributed by atoms with Gasteiger partial charge in [0.1, 0.15) is 0 Å². The molecule has 3 heteroatoms. The largest absolute Gasteiger partial charge is 0.340 e. The van der Waals surface area contributed by atoms with E-state index in [2.05, 4.69) is 11.2 Å². The lowest BCUT2D eigenvalue weighted by Gasteiger charge is -2.19. The molecular weight excluding hydrogens is 164 g/mol. The van der Waals surface area contributed by atoms with Crippen LogP contribution in [0.15, 0.2) is 0 Å². The maximum absolute atomic E-state index is 11.3. The molecule has 3 nitrogen and oxygen atoms in total. The van der Waals surface area contributed by atoms with E-state index >= 15 is 0 Å². The minimum Gasteiger partial charge on any atom is -0.340 e. The van der Waals surface area contributed by atoms with Crippen molar-refractivity contribution in [1.82, 2.24) is 5.32 Å². The Morgan fingerprint density at radius 1 is 1.69 bits per heavy atom. The minimum absolute atomic E-state index is 0.0414. The van der Waals surface area contributed by atoms with Gasteiger partial charge in [0.2, 0.25) is 5.91 Å². The first-order chi connectivity index (χ1) is 5.87. The Balaban J connectivity index is 3.83. The van der Waals surface area contributed by atoms with Crippen LogP contribution in [-0.2, 0) is 4.79 Å². The third-order valence-electron chi connectivity index (χ3n) is 1.64. The second-order valence-corrected chi connectivity index (χ2v) is 3.83.